The largest absolute Gasteiger partial charge is 0.466 e. The van der Waals surface area contributed by atoms with E-state index in [4.69, 9.17) is 14.2 Å². The number of benzene rings is 1. The van der Waals surface area contributed by atoms with Gasteiger partial charge in [0, 0.05) is 25.5 Å². The van der Waals surface area contributed by atoms with E-state index < -0.39 is 11.9 Å². The van der Waals surface area contributed by atoms with Crippen molar-refractivity contribution in [2.75, 3.05) is 51.5 Å². The van der Waals surface area contributed by atoms with Crippen LogP contribution < -0.4 is 9.80 Å². The van der Waals surface area contributed by atoms with Gasteiger partial charge in [0.2, 0.25) is 0 Å². The highest BCUT2D eigenvalue weighted by Crippen LogP contribution is 2.30. The third-order valence-corrected chi connectivity index (χ3v) is 3.81. The van der Waals surface area contributed by atoms with Crippen molar-refractivity contribution in [1.29, 1.82) is 0 Å². The molecule has 0 fully saturated rings. The van der Waals surface area contributed by atoms with E-state index in [1.165, 1.54) is 14.2 Å². The molecule has 0 bridgehead atoms. The molecule has 0 spiro atoms. The van der Waals surface area contributed by atoms with Crippen molar-refractivity contribution >= 4 is 23.3 Å². The van der Waals surface area contributed by atoms with E-state index in [-0.39, 0.29) is 24.6 Å². The number of hydrogen-bond acceptors (Lipinski definition) is 7. The molecule has 0 aliphatic carbocycles. The summed E-state index contributed by atoms with van der Waals surface area (Å²) < 4.78 is 15.1. The van der Waals surface area contributed by atoms with Crippen LogP contribution in [0.25, 0.3) is 0 Å². The van der Waals surface area contributed by atoms with Gasteiger partial charge in [-0.3, -0.25) is 0 Å². The second-order valence-electron chi connectivity index (χ2n) is 5.58. The molecule has 1 aromatic rings. The summed E-state index contributed by atoms with van der Waals surface area (Å²) in [4.78, 5) is 27.9. The summed E-state index contributed by atoms with van der Waals surface area (Å²) >= 11 is 0. The van der Waals surface area contributed by atoms with Crippen LogP contribution in [0.5, 0.6) is 0 Å². The van der Waals surface area contributed by atoms with Gasteiger partial charge in [0.15, 0.2) is 0 Å². The Kier molecular flexibility index (Phi) is 5.46. The van der Waals surface area contributed by atoms with Crippen molar-refractivity contribution in [3.05, 3.63) is 35.0 Å². The fraction of sp³-hybridized carbons (Fsp3) is 0.412. The molecule has 0 aromatic heterocycles. The number of anilines is 2. The molecule has 0 N–H and O–H groups in total. The third-order valence-electron chi connectivity index (χ3n) is 3.81. The van der Waals surface area contributed by atoms with E-state index in [1.54, 1.807) is 4.90 Å². The molecule has 1 aliphatic rings. The molecule has 130 valence electrons. The second-order valence-corrected chi connectivity index (χ2v) is 5.58. The van der Waals surface area contributed by atoms with E-state index in [9.17, 15) is 9.59 Å². The van der Waals surface area contributed by atoms with Crippen LogP contribution in [0.15, 0.2) is 29.5 Å². The number of carbonyl (C=O) groups is 2. The van der Waals surface area contributed by atoms with Crippen LogP contribution in [-0.2, 0) is 23.8 Å². The van der Waals surface area contributed by atoms with Crippen molar-refractivity contribution in [3.63, 3.8) is 0 Å². The molecule has 0 saturated carbocycles. The van der Waals surface area contributed by atoms with Gasteiger partial charge in [-0.1, -0.05) is 0 Å². The van der Waals surface area contributed by atoms with Crippen molar-refractivity contribution in [2.24, 2.45) is 0 Å². The van der Waals surface area contributed by atoms with Crippen LogP contribution in [0.1, 0.15) is 5.56 Å². The normalized spacial score (nSPS) is 14.5. The quantitative estimate of drug-likeness (QED) is 0.772. The predicted octanol–water partition coefficient (Wildman–Crippen LogP) is 1.46. The Morgan fingerprint density at radius 1 is 1.17 bits per heavy atom. The minimum atomic E-state index is -0.610. The Morgan fingerprint density at radius 3 is 2.38 bits per heavy atom. The number of esters is 2. The van der Waals surface area contributed by atoms with Gasteiger partial charge in [-0.05, 0) is 30.7 Å². The standard InChI is InChI=1S/C17H22N2O5/c1-11-8-12(6-7-14(11)18(2)3)19-10-24-9-13(16(20)22-4)15(19)17(21)23-5/h6-8H,9-10H2,1-5H3. The summed E-state index contributed by atoms with van der Waals surface area (Å²) in [5.74, 6) is -1.21. The first kappa shape index (κ1) is 17.8. The SMILES string of the molecule is COC(=O)C1=C(C(=O)OC)N(c2ccc(N(C)C)c(C)c2)COC1. The summed E-state index contributed by atoms with van der Waals surface area (Å²) in [6.07, 6.45) is 0. The van der Waals surface area contributed by atoms with Gasteiger partial charge in [-0.25, -0.2) is 9.59 Å². The number of methoxy groups -OCH3 is 2. The van der Waals surface area contributed by atoms with Gasteiger partial charge in [-0.2, -0.15) is 0 Å². The summed E-state index contributed by atoms with van der Waals surface area (Å²) in [7, 11) is 6.46. The minimum Gasteiger partial charge on any atom is -0.466 e. The first-order valence-electron chi connectivity index (χ1n) is 7.43. The van der Waals surface area contributed by atoms with Gasteiger partial charge in [0.25, 0.3) is 0 Å². The number of rotatable bonds is 4. The Morgan fingerprint density at radius 2 is 1.83 bits per heavy atom. The molecule has 24 heavy (non-hydrogen) atoms. The van der Waals surface area contributed by atoms with Crippen LogP contribution in [-0.4, -0.2) is 53.6 Å². The Balaban J connectivity index is 2.53. The zero-order valence-corrected chi connectivity index (χ0v) is 14.6. The van der Waals surface area contributed by atoms with Crippen LogP contribution in [0, 0.1) is 6.92 Å². The molecule has 7 heteroatoms. The van der Waals surface area contributed by atoms with Gasteiger partial charge in [-0.15, -0.1) is 0 Å². The summed E-state index contributed by atoms with van der Waals surface area (Å²) in [5, 5.41) is 0. The number of ether oxygens (including phenoxy) is 3. The second kappa shape index (κ2) is 7.35. The lowest BCUT2D eigenvalue weighted by Gasteiger charge is -2.32. The zero-order chi connectivity index (χ0) is 17.9. The molecule has 2 rings (SSSR count). The summed E-state index contributed by atoms with van der Waals surface area (Å²) in [6, 6.07) is 5.75. The monoisotopic (exact) mass is 334 g/mol. The van der Waals surface area contributed by atoms with Crippen LogP contribution in [0.4, 0.5) is 11.4 Å². The highest BCUT2D eigenvalue weighted by Gasteiger charge is 2.32. The molecule has 0 amide bonds. The number of carbonyl (C=O) groups excluding carboxylic acids is 2. The van der Waals surface area contributed by atoms with Crippen LogP contribution >= 0.6 is 0 Å². The highest BCUT2D eigenvalue weighted by molar-refractivity contribution is 6.03. The molecule has 1 aliphatic heterocycles. The predicted molar refractivity (Wildman–Crippen MR) is 89.9 cm³/mol. The fourth-order valence-corrected chi connectivity index (χ4v) is 2.66. The van der Waals surface area contributed by atoms with E-state index in [0.29, 0.717) is 0 Å². The van der Waals surface area contributed by atoms with Crippen LogP contribution in [0.3, 0.4) is 0 Å². The molecule has 0 atom stereocenters. The van der Waals surface area contributed by atoms with Crippen molar-refractivity contribution in [3.8, 4) is 0 Å². The molecule has 0 saturated heterocycles. The van der Waals surface area contributed by atoms with E-state index in [1.807, 2.05) is 44.1 Å². The molecule has 7 nitrogen and oxygen atoms in total. The number of aryl methyl sites for hydroxylation is 1. The lowest BCUT2D eigenvalue weighted by molar-refractivity contribution is -0.140. The van der Waals surface area contributed by atoms with Crippen molar-refractivity contribution in [1.82, 2.24) is 0 Å². The maximum atomic E-state index is 12.2. The Hall–Kier alpha value is -2.54. The summed E-state index contributed by atoms with van der Waals surface area (Å²) in [5.41, 5.74) is 3.12. The molecular weight excluding hydrogens is 312 g/mol. The third kappa shape index (κ3) is 3.35. The van der Waals surface area contributed by atoms with Gasteiger partial charge in [0.1, 0.15) is 12.4 Å². The molecule has 0 radical (unpaired) electrons. The van der Waals surface area contributed by atoms with Crippen LogP contribution in [0.2, 0.25) is 0 Å². The topological polar surface area (TPSA) is 68.3 Å². The maximum Gasteiger partial charge on any atom is 0.355 e. The summed E-state index contributed by atoms with van der Waals surface area (Å²) in [6.45, 7) is 2.13. The maximum absolute atomic E-state index is 12.2. The van der Waals surface area contributed by atoms with Gasteiger partial charge >= 0.3 is 11.9 Å². The van der Waals surface area contributed by atoms with Crippen molar-refractivity contribution in [2.45, 2.75) is 6.92 Å². The Labute approximate surface area is 141 Å². The average molecular weight is 334 g/mol. The molecule has 0 unspecified atom stereocenters. The fourth-order valence-electron chi connectivity index (χ4n) is 2.66. The average Bonchev–Trinajstić information content (AvgIpc) is 2.59. The Bertz CT molecular complexity index is 682. The first-order valence-corrected chi connectivity index (χ1v) is 7.43. The zero-order valence-electron chi connectivity index (χ0n) is 14.6. The minimum absolute atomic E-state index is 0.00235. The highest BCUT2D eigenvalue weighted by atomic mass is 16.5. The number of hydrogen-bond donors (Lipinski definition) is 0. The van der Waals surface area contributed by atoms with Gasteiger partial charge in [0.05, 0.1) is 26.4 Å². The molecule has 1 heterocycles. The van der Waals surface area contributed by atoms with E-state index in [2.05, 4.69) is 0 Å². The lowest BCUT2D eigenvalue weighted by Crippen LogP contribution is -2.38. The van der Waals surface area contributed by atoms with E-state index >= 15 is 0 Å². The smallest absolute Gasteiger partial charge is 0.355 e. The van der Waals surface area contributed by atoms with Gasteiger partial charge < -0.3 is 24.0 Å². The van der Waals surface area contributed by atoms with Crippen molar-refractivity contribution < 1.29 is 23.8 Å². The lowest BCUT2D eigenvalue weighted by atomic mass is 10.1. The number of nitrogens with zero attached hydrogens (tertiary/aromatic N) is 2. The molecule has 1 aromatic carbocycles. The van der Waals surface area contributed by atoms with E-state index in [0.717, 1.165) is 16.9 Å². The first-order chi connectivity index (χ1) is 11.4. The molecular formula is C17H22N2O5.